The van der Waals surface area contributed by atoms with Crippen LogP contribution in [0.4, 0.5) is 0 Å². The molecule has 2 fully saturated rings. The predicted molar refractivity (Wildman–Crippen MR) is 163 cm³/mol. The number of alkyl halides is 1. The molecule has 4 N–H and O–H groups in total. The molecule has 5 aromatic rings. The SMILES string of the molecule is CC1CC[C@@H](c2nc3c(ccc4cc(-c5ccc(-c6nc([C@@H]7CC[C@H](C)N7)[nH]c6CI)cc5)ccc43)[nH]2)N1. The van der Waals surface area contributed by atoms with Gasteiger partial charge in [0.05, 0.1) is 34.5 Å². The van der Waals surface area contributed by atoms with E-state index < -0.39 is 0 Å². The van der Waals surface area contributed by atoms with E-state index >= 15 is 0 Å². The minimum absolute atomic E-state index is 0.321. The highest BCUT2D eigenvalue weighted by molar-refractivity contribution is 14.1. The molecule has 2 saturated heterocycles. The molecule has 2 aliphatic rings. The molecule has 0 aliphatic carbocycles. The summed E-state index contributed by atoms with van der Waals surface area (Å²) in [6.07, 6.45) is 4.67. The lowest BCUT2D eigenvalue weighted by Crippen LogP contribution is -2.21. The standard InChI is InChI=1S/C31H33IN6/c1-17-3-12-25(33-17)30-35-24-14-10-22-15-21(9-11-23(22)29(24)38-30)19-5-7-20(8-6-19)28-27(16-32)36-31(37-28)26-13-4-18(2)34-26/h5-11,14-15,17-18,25-26,33-34H,3-4,12-13,16H2,1-2H3,(H,35,38)(H,36,37)/t17?,18-,25-,26-/m0/s1. The summed E-state index contributed by atoms with van der Waals surface area (Å²) in [5, 5.41) is 9.71. The summed E-state index contributed by atoms with van der Waals surface area (Å²) in [6.45, 7) is 4.49. The molecule has 4 atom stereocenters. The summed E-state index contributed by atoms with van der Waals surface area (Å²) in [4.78, 5) is 17.2. The van der Waals surface area contributed by atoms with Crippen molar-refractivity contribution in [1.82, 2.24) is 30.6 Å². The summed E-state index contributed by atoms with van der Waals surface area (Å²) in [6, 6.07) is 21.7. The summed E-state index contributed by atoms with van der Waals surface area (Å²) in [5.41, 5.74) is 8.03. The van der Waals surface area contributed by atoms with Crippen LogP contribution in [-0.4, -0.2) is 32.0 Å². The number of aromatic amines is 2. The molecule has 0 radical (unpaired) electrons. The molecular weight excluding hydrogens is 583 g/mol. The summed E-state index contributed by atoms with van der Waals surface area (Å²) < 4.78 is 0.911. The molecule has 4 heterocycles. The maximum atomic E-state index is 5.04. The van der Waals surface area contributed by atoms with Crippen LogP contribution in [0, 0.1) is 0 Å². The van der Waals surface area contributed by atoms with Crippen LogP contribution in [0.1, 0.15) is 69.0 Å². The lowest BCUT2D eigenvalue weighted by molar-refractivity contribution is 0.563. The van der Waals surface area contributed by atoms with Gasteiger partial charge in [0.15, 0.2) is 0 Å². The first-order valence-electron chi connectivity index (χ1n) is 13.8. The highest BCUT2D eigenvalue weighted by Gasteiger charge is 2.26. The third-order valence-electron chi connectivity index (χ3n) is 8.32. The van der Waals surface area contributed by atoms with E-state index in [1.807, 2.05) is 0 Å². The number of nitrogens with zero attached hydrogens (tertiary/aromatic N) is 2. The maximum Gasteiger partial charge on any atom is 0.124 e. The maximum absolute atomic E-state index is 5.04. The third-order valence-corrected chi connectivity index (χ3v) is 9.08. The van der Waals surface area contributed by atoms with Gasteiger partial charge in [0.25, 0.3) is 0 Å². The van der Waals surface area contributed by atoms with E-state index in [0.29, 0.717) is 24.2 Å². The number of rotatable bonds is 5. The van der Waals surface area contributed by atoms with Crippen molar-refractivity contribution >= 4 is 44.4 Å². The van der Waals surface area contributed by atoms with E-state index in [9.17, 15) is 0 Å². The second kappa shape index (κ2) is 9.77. The zero-order valence-corrected chi connectivity index (χ0v) is 24.0. The van der Waals surface area contributed by atoms with Crippen LogP contribution in [0.2, 0.25) is 0 Å². The van der Waals surface area contributed by atoms with Crippen molar-refractivity contribution in [3.63, 3.8) is 0 Å². The minimum Gasteiger partial charge on any atom is -0.343 e. The van der Waals surface area contributed by atoms with Crippen molar-refractivity contribution in [2.45, 2.75) is 68.1 Å². The van der Waals surface area contributed by atoms with Crippen molar-refractivity contribution in [3.05, 3.63) is 71.9 Å². The van der Waals surface area contributed by atoms with E-state index in [4.69, 9.17) is 9.97 Å². The van der Waals surface area contributed by atoms with E-state index in [0.717, 1.165) is 51.2 Å². The molecule has 38 heavy (non-hydrogen) atoms. The number of nitrogens with one attached hydrogen (secondary N) is 4. The second-order valence-corrected chi connectivity index (χ2v) is 11.8. The fraction of sp³-hybridized carbons (Fsp3) is 0.355. The van der Waals surface area contributed by atoms with E-state index in [1.54, 1.807) is 0 Å². The lowest BCUT2D eigenvalue weighted by Gasteiger charge is -2.08. The first-order valence-corrected chi connectivity index (χ1v) is 15.3. The molecule has 0 bridgehead atoms. The number of halogens is 1. The zero-order chi connectivity index (χ0) is 25.8. The smallest absolute Gasteiger partial charge is 0.124 e. The quantitative estimate of drug-likeness (QED) is 0.123. The predicted octanol–water partition coefficient (Wildman–Crippen LogP) is 7.33. The van der Waals surface area contributed by atoms with Crippen LogP contribution >= 0.6 is 22.6 Å². The van der Waals surface area contributed by atoms with Gasteiger partial charge in [-0.1, -0.05) is 65.1 Å². The van der Waals surface area contributed by atoms with Gasteiger partial charge in [-0.05, 0) is 68.2 Å². The van der Waals surface area contributed by atoms with Gasteiger partial charge in [-0.3, -0.25) is 0 Å². The average molecular weight is 617 g/mol. The number of imidazole rings is 2. The molecular formula is C31H33IN6. The highest BCUT2D eigenvalue weighted by atomic mass is 127. The fourth-order valence-electron chi connectivity index (χ4n) is 6.20. The molecule has 2 aliphatic heterocycles. The van der Waals surface area contributed by atoms with Crippen molar-refractivity contribution in [2.75, 3.05) is 0 Å². The monoisotopic (exact) mass is 616 g/mol. The van der Waals surface area contributed by atoms with Crippen LogP contribution in [-0.2, 0) is 4.43 Å². The Morgan fingerprint density at radius 2 is 1.39 bits per heavy atom. The molecule has 0 amide bonds. The van der Waals surface area contributed by atoms with Crippen LogP contribution in [0.5, 0.6) is 0 Å². The lowest BCUT2D eigenvalue weighted by atomic mass is 9.99. The molecule has 6 nitrogen and oxygen atoms in total. The second-order valence-electron chi connectivity index (χ2n) is 11.1. The summed E-state index contributed by atoms with van der Waals surface area (Å²) in [7, 11) is 0. The van der Waals surface area contributed by atoms with E-state index in [2.05, 4.69) is 112 Å². The van der Waals surface area contributed by atoms with Crippen LogP contribution in [0.3, 0.4) is 0 Å². The average Bonchev–Trinajstić information content (AvgIpc) is 3.74. The molecule has 2 aromatic heterocycles. The molecule has 7 heteroatoms. The van der Waals surface area contributed by atoms with Crippen LogP contribution in [0.25, 0.3) is 44.2 Å². The Balaban J connectivity index is 1.17. The highest BCUT2D eigenvalue weighted by Crippen LogP contribution is 2.34. The number of hydrogen-bond donors (Lipinski definition) is 4. The fourth-order valence-corrected chi connectivity index (χ4v) is 6.75. The van der Waals surface area contributed by atoms with Gasteiger partial charge in [0, 0.05) is 27.5 Å². The normalized spacial score (nSPS) is 23.7. The Morgan fingerprint density at radius 1 is 0.737 bits per heavy atom. The van der Waals surface area contributed by atoms with E-state index in [1.165, 1.54) is 40.4 Å². The Hall–Kier alpha value is -2.75. The van der Waals surface area contributed by atoms with Crippen molar-refractivity contribution in [3.8, 4) is 22.4 Å². The van der Waals surface area contributed by atoms with E-state index in [-0.39, 0.29) is 0 Å². The molecule has 194 valence electrons. The summed E-state index contributed by atoms with van der Waals surface area (Å²) in [5.74, 6) is 2.13. The van der Waals surface area contributed by atoms with Crippen LogP contribution in [0.15, 0.2) is 54.6 Å². The number of hydrogen-bond acceptors (Lipinski definition) is 4. The minimum atomic E-state index is 0.321. The molecule has 3 aromatic carbocycles. The van der Waals surface area contributed by atoms with Gasteiger partial charge in [-0.15, -0.1) is 0 Å². The number of H-pyrrole nitrogens is 2. The third kappa shape index (κ3) is 4.34. The first kappa shape index (κ1) is 24.3. The Bertz CT molecular complexity index is 1620. The largest absolute Gasteiger partial charge is 0.343 e. The van der Waals surface area contributed by atoms with Gasteiger partial charge >= 0.3 is 0 Å². The van der Waals surface area contributed by atoms with Gasteiger partial charge in [-0.2, -0.15) is 0 Å². The Kier molecular flexibility index (Phi) is 6.25. The molecule has 0 saturated carbocycles. The van der Waals surface area contributed by atoms with Crippen LogP contribution < -0.4 is 10.6 Å². The van der Waals surface area contributed by atoms with Gasteiger partial charge in [0.2, 0.25) is 0 Å². The van der Waals surface area contributed by atoms with Crippen molar-refractivity contribution in [2.24, 2.45) is 0 Å². The van der Waals surface area contributed by atoms with Gasteiger partial charge < -0.3 is 20.6 Å². The first-order chi connectivity index (χ1) is 18.6. The van der Waals surface area contributed by atoms with Gasteiger partial charge in [-0.25, -0.2) is 9.97 Å². The number of fused-ring (bicyclic) bond motifs is 3. The molecule has 1 unspecified atom stereocenters. The van der Waals surface area contributed by atoms with Crippen molar-refractivity contribution in [1.29, 1.82) is 0 Å². The Morgan fingerprint density at radius 3 is 2.05 bits per heavy atom. The van der Waals surface area contributed by atoms with Gasteiger partial charge in [0.1, 0.15) is 11.6 Å². The topological polar surface area (TPSA) is 81.4 Å². The Labute approximate surface area is 236 Å². The zero-order valence-electron chi connectivity index (χ0n) is 21.8. The molecule has 0 spiro atoms. The number of aromatic nitrogens is 4. The van der Waals surface area contributed by atoms with Crippen molar-refractivity contribution < 1.29 is 0 Å². The number of benzene rings is 3. The molecule has 7 rings (SSSR count). The summed E-state index contributed by atoms with van der Waals surface area (Å²) >= 11 is 2.43.